The summed E-state index contributed by atoms with van der Waals surface area (Å²) >= 11 is 0. The van der Waals surface area contributed by atoms with Crippen molar-refractivity contribution in [2.24, 2.45) is 0 Å². The standard InChI is InChI=1S/C48H33N3/c1-4-14-34(15-5-1)35-24-26-38(27-25-35)49(36-16-6-2-7-17-36)39-28-30-40(31-29-39)51-44-23-13-11-21-42(44)48-46(51)33-32-45-47(48)41-20-10-12-22-43(41)50(45)37-18-8-3-9-19-37/h1-33H. The minimum absolute atomic E-state index is 1.10. The molecule has 0 fully saturated rings. The van der Waals surface area contributed by atoms with Crippen LogP contribution in [0.5, 0.6) is 0 Å². The van der Waals surface area contributed by atoms with Gasteiger partial charge in [-0.05, 0) is 96.1 Å². The van der Waals surface area contributed by atoms with Crippen molar-refractivity contribution in [3.8, 4) is 22.5 Å². The van der Waals surface area contributed by atoms with Gasteiger partial charge in [0.25, 0.3) is 0 Å². The Labute approximate surface area is 296 Å². The molecule has 2 heterocycles. The fourth-order valence-corrected chi connectivity index (χ4v) is 7.86. The highest BCUT2D eigenvalue weighted by molar-refractivity contribution is 6.28. The molecular weight excluding hydrogens is 619 g/mol. The van der Waals surface area contributed by atoms with Gasteiger partial charge >= 0.3 is 0 Å². The molecule has 3 heteroatoms. The Morgan fingerprint density at radius 2 is 0.667 bits per heavy atom. The van der Waals surface area contributed by atoms with Crippen molar-refractivity contribution in [1.29, 1.82) is 0 Å². The van der Waals surface area contributed by atoms with Gasteiger partial charge in [0.15, 0.2) is 0 Å². The Morgan fingerprint density at radius 3 is 1.22 bits per heavy atom. The molecule has 240 valence electrons. The van der Waals surface area contributed by atoms with E-state index in [1.54, 1.807) is 0 Å². The van der Waals surface area contributed by atoms with E-state index in [-0.39, 0.29) is 0 Å². The van der Waals surface area contributed by atoms with Crippen molar-refractivity contribution in [1.82, 2.24) is 9.13 Å². The molecule has 0 bridgehead atoms. The van der Waals surface area contributed by atoms with Crippen molar-refractivity contribution in [3.05, 3.63) is 200 Å². The van der Waals surface area contributed by atoms with Gasteiger partial charge in [-0.25, -0.2) is 0 Å². The molecule has 10 aromatic rings. The minimum atomic E-state index is 1.10. The average molecular weight is 652 g/mol. The number of benzene rings is 8. The lowest BCUT2D eigenvalue weighted by molar-refractivity contribution is 1.17. The van der Waals surface area contributed by atoms with Crippen LogP contribution in [0.15, 0.2) is 200 Å². The third kappa shape index (κ3) is 4.74. The Morgan fingerprint density at radius 1 is 0.275 bits per heavy atom. The van der Waals surface area contributed by atoms with Crippen LogP contribution in [0.4, 0.5) is 17.1 Å². The largest absolute Gasteiger partial charge is 0.311 e. The van der Waals surface area contributed by atoms with Gasteiger partial charge in [-0.2, -0.15) is 0 Å². The molecule has 0 N–H and O–H groups in total. The Hall–Kier alpha value is -6.84. The van der Waals surface area contributed by atoms with E-state index >= 15 is 0 Å². The predicted molar refractivity (Wildman–Crippen MR) is 215 cm³/mol. The van der Waals surface area contributed by atoms with Gasteiger partial charge in [-0.1, -0.05) is 115 Å². The van der Waals surface area contributed by atoms with Gasteiger partial charge in [0, 0.05) is 50.0 Å². The van der Waals surface area contributed by atoms with Crippen molar-refractivity contribution >= 4 is 60.7 Å². The molecule has 0 radical (unpaired) electrons. The molecule has 0 aliphatic heterocycles. The Balaban J connectivity index is 1.14. The maximum Gasteiger partial charge on any atom is 0.0548 e. The number of aromatic nitrogens is 2. The molecule has 0 saturated heterocycles. The maximum absolute atomic E-state index is 2.42. The highest BCUT2D eigenvalue weighted by atomic mass is 15.1. The quantitative estimate of drug-likeness (QED) is 0.174. The van der Waals surface area contributed by atoms with Crippen LogP contribution >= 0.6 is 0 Å². The van der Waals surface area contributed by atoms with Crippen LogP contribution in [0, 0.1) is 0 Å². The predicted octanol–water partition coefficient (Wildman–Crippen LogP) is 13.0. The van der Waals surface area contributed by atoms with Crippen LogP contribution in [-0.2, 0) is 0 Å². The number of fused-ring (bicyclic) bond motifs is 7. The second-order valence-corrected chi connectivity index (χ2v) is 13.0. The zero-order valence-corrected chi connectivity index (χ0v) is 27.9. The lowest BCUT2D eigenvalue weighted by Crippen LogP contribution is -2.10. The number of anilines is 3. The summed E-state index contributed by atoms with van der Waals surface area (Å²) in [4.78, 5) is 2.33. The second kappa shape index (κ2) is 11.9. The smallest absolute Gasteiger partial charge is 0.0548 e. The van der Waals surface area contributed by atoms with Gasteiger partial charge in [0.05, 0.1) is 22.1 Å². The third-order valence-electron chi connectivity index (χ3n) is 10.1. The van der Waals surface area contributed by atoms with Crippen LogP contribution < -0.4 is 4.90 Å². The molecule has 0 amide bonds. The SMILES string of the molecule is c1ccc(-c2ccc(N(c3ccccc3)c3ccc(-n4c5ccccc5c5c6c7ccccc7n(-c7ccccc7)c6ccc54)cc3)cc2)cc1. The fraction of sp³-hybridized carbons (Fsp3) is 0. The molecule has 51 heavy (non-hydrogen) atoms. The van der Waals surface area contributed by atoms with E-state index in [4.69, 9.17) is 0 Å². The number of rotatable bonds is 6. The average Bonchev–Trinajstić information content (AvgIpc) is 3.73. The summed E-state index contributed by atoms with van der Waals surface area (Å²) in [6, 6.07) is 71.9. The summed E-state index contributed by atoms with van der Waals surface area (Å²) in [7, 11) is 0. The van der Waals surface area contributed by atoms with E-state index in [1.165, 1.54) is 60.4 Å². The van der Waals surface area contributed by atoms with Crippen molar-refractivity contribution < 1.29 is 0 Å². The first-order chi connectivity index (χ1) is 25.3. The molecule has 0 unspecified atom stereocenters. The van der Waals surface area contributed by atoms with E-state index in [1.807, 2.05) is 0 Å². The molecule has 2 aromatic heterocycles. The molecule has 0 aliphatic rings. The monoisotopic (exact) mass is 651 g/mol. The number of nitrogens with zero attached hydrogens (tertiary/aromatic N) is 3. The fourth-order valence-electron chi connectivity index (χ4n) is 7.86. The molecule has 3 nitrogen and oxygen atoms in total. The maximum atomic E-state index is 2.42. The van der Waals surface area contributed by atoms with Crippen LogP contribution in [0.2, 0.25) is 0 Å². The summed E-state index contributed by atoms with van der Waals surface area (Å²) < 4.78 is 4.82. The van der Waals surface area contributed by atoms with E-state index in [0.717, 1.165) is 22.7 Å². The first kappa shape index (κ1) is 29.1. The zero-order chi connectivity index (χ0) is 33.7. The first-order valence-corrected chi connectivity index (χ1v) is 17.5. The summed E-state index contributed by atoms with van der Waals surface area (Å²) in [6.45, 7) is 0. The highest BCUT2D eigenvalue weighted by Gasteiger charge is 2.21. The molecule has 10 rings (SSSR count). The molecule has 0 spiro atoms. The molecule has 8 aromatic carbocycles. The van der Waals surface area contributed by atoms with E-state index < -0.39 is 0 Å². The van der Waals surface area contributed by atoms with Crippen LogP contribution in [0.25, 0.3) is 66.1 Å². The highest BCUT2D eigenvalue weighted by Crippen LogP contribution is 2.43. The number of hydrogen-bond acceptors (Lipinski definition) is 1. The van der Waals surface area contributed by atoms with Gasteiger partial charge in [0.1, 0.15) is 0 Å². The summed E-state index contributed by atoms with van der Waals surface area (Å²) in [5.41, 5.74) is 12.9. The summed E-state index contributed by atoms with van der Waals surface area (Å²) in [5, 5.41) is 5.08. The molecule has 0 atom stereocenters. The molecule has 0 saturated carbocycles. The lowest BCUT2D eigenvalue weighted by atomic mass is 10.0. The molecule has 0 aliphatic carbocycles. The topological polar surface area (TPSA) is 13.1 Å². The van der Waals surface area contributed by atoms with Crippen LogP contribution in [-0.4, -0.2) is 9.13 Å². The zero-order valence-electron chi connectivity index (χ0n) is 27.9. The Bertz CT molecular complexity index is 2810. The Kier molecular flexibility index (Phi) is 6.81. The van der Waals surface area contributed by atoms with Crippen molar-refractivity contribution in [2.45, 2.75) is 0 Å². The summed E-state index contributed by atoms with van der Waals surface area (Å²) in [6.07, 6.45) is 0. The second-order valence-electron chi connectivity index (χ2n) is 13.0. The molecular formula is C48H33N3. The van der Waals surface area contributed by atoms with Gasteiger partial charge in [0.2, 0.25) is 0 Å². The van der Waals surface area contributed by atoms with Gasteiger partial charge in [-0.15, -0.1) is 0 Å². The lowest BCUT2D eigenvalue weighted by Gasteiger charge is -2.26. The van der Waals surface area contributed by atoms with Gasteiger partial charge in [-0.3, -0.25) is 0 Å². The van der Waals surface area contributed by atoms with E-state index in [2.05, 4.69) is 214 Å². The third-order valence-corrected chi connectivity index (χ3v) is 10.1. The first-order valence-electron chi connectivity index (χ1n) is 17.5. The normalized spacial score (nSPS) is 11.5. The minimum Gasteiger partial charge on any atom is -0.311 e. The van der Waals surface area contributed by atoms with Crippen LogP contribution in [0.1, 0.15) is 0 Å². The summed E-state index contributed by atoms with van der Waals surface area (Å²) in [5.74, 6) is 0. The van der Waals surface area contributed by atoms with Crippen LogP contribution in [0.3, 0.4) is 0 Å². The van der Waals surface area contributed by atoms with E-state index in [0.29, 0.717) is 0 Å². The van der Waals surface area contributed by atoms with Crippen molar-refractivity contribution in [2.75, 3.05) is 4.90 Å². The van der Waals surface area contributed by atoms with Gasteiger partial charge < -0.3 is 14.0 Å². The van der Waals surface area contributed by atoms with E-state index in [9.17, 15) is 0 Å². The number of hydrogen-bond donors (Lipinski definition) is 0. The number of para-hydroxylation sites is 4. The van der Waals surface area contributed by atoms with Crippen molar-refractivity contribution in [3.63, 3.8) is 0 Å².